The molecule has 5 nitrogen and oxygen atoms in total. The van der Waals surface area contributed by atoms with Gasteiger partial charge < -0.3 is 25.2 Å². The number of aliphatic hydroxyl groups is 4. The third-order valence-electron chi connectivity index (χ3n) is 2.13. The highest BCUT2D eigenvalue weighted by Crippen LogP contribution is 2.20. The molecule has 0 unspecified atom stereocenters. The van der Waals surface area contributed by atoms with Crippen molar-refractivity contribution in [1.29, 1.82) is 0 Å². The Morgan fingerprint density at radius 1 is 1.08 bits per heavy atom. The molecule has 5 heteroatoms. The molecule has 5 atom stereocenters. The Morgan fingerprint density at radius 2 is 1.67 bits per heavy atom. The zero-order chi connectivity index (χ0) is 9.30. The maximum absolute atomic E-state index is 9.23. The Hall–Kier alpha value is -0.200. The summed E-state index contributed by atoms with van der Waals surface area (Å²) in [4.78, 5) is 0. The zero-order valence-electron chi connectivity index (χ0n) is 6.79. The molecule has 0 aromatic rings. The van der Waals surface area contributed by atoms with E-state index >= 15 is 0 Å². The fourth-order valence-corrected chi connectivity index (χ4v) is 1.29. The molecule has 4 N–H and O–H groups in total. The van der Waals surface area contributed by atoms with Crippen LogP contribution >= 0.6 is 0 Å². The number of hydrogen-bond acceptors (Lipinski definition) is 5. The predicted octanol–water partition coefficient (Wildman–Crippen LogP) is -2.15. The molecule has 72 valence electrons. The molecule has 1 heterocycles. The first kappa shape index (κ1) is 9.88. The smallest absolute Gasteiger partial charge is 0.111 e. The minimum Gasteiger partial charge on any atom is -0.394 e. The van der Waals surface area contributed by atoms with Gasteiger partial charge in [0.05, 0.1) is 12.7 Å². The molecule has 0 spiro atoms. The summed E-state index contributed by atoms with van der Waals surface area (Å²) in [6, 6.07) is 0. The van der Waals surface area contributed by atoms with Crippen LogP contribution in [0.2, 0.25) is 0 Å². The molecule has 0 aliphatic carbocycles. The fraction of sp³-hybridized carbons (Fsp3) is 1.00. The first-order chi connectivity index (χ1) is 5.57. The largest absolute Gasteiger partial charge is 0.394 e. The number of ether oxygens (including phenoxy) is 1. The predicted molar refractivity (Wildman–Crippen MR) is 39.4 cm³/mol. The monoisotopic (exact) mass is 178 g/mol. The molecule has 0 aromatic carbocycles. The van der Waals surface area contributed by atoms with Crippen LogP contribution in [0.4, 0.5) is 0 Å². The van der Waals surface area contributed by atoms with Crippen molar-refractivity contribution in [3.05, 3.63) is 0 Å². The number of rotatable bonds is 1. The van der Waals surface area contributed by atoms with E-state index in [0.717, 1.165) is 0 Å². The summed E-state index contributed by atoms with van der Waals surface area (Å²) in [7, 11) is 0. The van der Waals surface area contributed by atoms with Crippen molar-refractivity contribution in [2.75, 3.05) is 6.61 Å². The molecule has 0 bridgehead atoms. The van der Waals surface area contributed by atoms with Crippen molar-refractivity contribution < 1.29 is 25.2 Å². The Balaban J connectivity index is 2.63. The van der Waals surface area contributed by atoms with Crippen molar-refractivity contribution in [1.82, 2.24) is 0 Å². The quantitative estimate of drug-likeness (QED) is 0.367. The molecular formula is C7H14O5. The van der Waals surface area contributed by atoms with Gasteiger partial charge in [-0.2, -0.15) is 0 Å². The summed E-state index contributed by atoms with van der Waals surface area (Å²) < 4.78 is 5.02. The van der Waals surface area contributed by atoms with Gasteiger partial charge in [0.1, 0.15) is 24.4 Å². The third-order valence-corrected chi connectivity index (χ3v) is 2.13. The van der Waals surface area contributed by atoms with Crippen LogP contribution in [0.25, 0.3) is 0 Å². The average molecular weight is 178 g/mol. The Kier molecular flexibility index (Phi) is 3.03. The standard InChI is InChI=1S/C7H14O5/c1-3-5(9)7(11)6(10)4(2-8)12-3/h3-11H,2H2,1H3/t3-,4-,5-,6-,7+/m1/s1. The molecule has 1 aliphatic rings. The number of aliphatic hydroxyl groups excluding tert-OH is 4. The van der Waals surface area contributed by atoms with Gasteiger partial charge in [0, 0.05) is 0 Å². The van der Waals surface area contributed by atoms with Gasteiger partial charge in [-0.3, -0.25) is 0 Å². The summed E-state index contributed by atoms with van der Waals surface area (Å²) in [5, 5.41) is 36.4. The Labute approximate surface area is 70.2 Å². The van der Waals surface area contributed by atoms with E-state index in [0.29, 0.717) is 0 Å². The second-order valence-corrected chi connectivity index (χ2v) is 3.03. The SMILES string of the molecule is C[C@H]1O[C@H](CO)[C@@H](O)[C@@H](O)[C@@H]1O. The van der Waals surface area contributed by atoms with Crippen LogP contribution in [0.15, 0.2) is 0 Å². The Morgan fingerprint density at radius 3 is 2.17 bits per heavy atom. The molecule has 0 aromatic heterocycles. The van der Waals surface area contributed by atoms with Gasteiger partial charge in [-0.15, -0.1) is 0 Å². The van der Waals surface area contributed by atoms with Crippen molar-refractivity contribution in [2.45, 2.75) is 37.4 Å². The second kappa shape index (κ2) is 3.68. The highest BCUT2D eigenvalue weighted by molar-refractivity contribution is 4.89. The van der Waals surface area contributed by atoms with E-state index in [9.17, 15) is 15.3 Å². The summed E-state index contributed by atoms with van der Waals surface area (Å²) in [5.41, 5.74) is 0. The van der Waals surface area contributed by atoms with E-state index in [1.807, 2.05) is 0 Å². The first-order valence-corrected chi connectivity index (χ1v) is 3.88. The van der Waals surface area contributed by atoms with Gasteiger partial charge in [0.2, 0.25) is 0 Å². The lowest BCUT2D eigenvalue weighted by atomic mass is 9.96. The van der Waals surface area contributed by atoms with Gasteiger partial charge in [-0.05, 0) is 6.92 Å². The van der Waals surface area contributed by atoms with Crippen LogP contribution in [0.1, 0.15) is 6.92 Å². The maximum atomic E-state index is 9.23. The van der Waals surface area contributed by atoms with E-state index < -0.39 is 30.5 Å². The molecule has 1 saturated heterocycles. The summed E-state index contributed by atoms with van der Waals surface area (Å²) >= 11 is 0. The van der Waals surface area contributed by atoms with Crippen LogP contribution in [-0.4, -0.2) is 57.6 Å². The van der Waals surface area contributed by atoms with Crippen LogP contribution in [-0.2, 0) is 4.74 Å². The van der Waals surface area contributed by atoms with Crippen molar-refractivity contribution in [3.8, 4) is 0 Å². The number of hydrogen-bond donors (Lipinski definition) is 4. The van der Waals surface area contributed by atoms with Gasteiger partial charge >= 0.3 is 0 Å². The van der Waals surface area contributed by atoms with Crippen LogP contribution in [0.5, 0.6) is 0 Å². The van der Waals surface area contributed by atoms with E-state index in [2.05, 4.69) is 0 Å². The zero-order valence-corrected chi connectivity index (χ0v) is 6.79. The lowest BCUT2D eigenvalue weighted by Crippen LogP contribution is -2.57. The van der Waals surface area contributed by atoms with Crippen molar-refractivity contribution >= 4 is 0 Å². The molecule has 1 rings (SSSR count). The lowest BCUT2D eigenvalue weighted by Gasteiger charge is -2.38. The maximum Gasteiger partial charge on any atom is 0.111 e. The molecule has 1 aliphatic heterocycles. The van der Waals surface area contributed by atoms with E-state index in [4.69, 9.17) is 9.84 Å². The van der Waals surface area contributed by atoms with E-state index in [1.165, 1.54) is 0 Å². The molecule has 12 heavy (non-hydrogen) atoms. The normalized spacial score (nSPS) is 49.2. The van der Waals surface area contributed by atoms with Crippen LogP contribution < -0.4 is 0 Å². The summed E-state index contributed by atoms with van der Waals surface area (Å²) in [5.74, 6) is 0. The van der Waals surface area contributed by atoms with E-state index in [-0.39, 0.29) is 6.61 Å². The second-order valence-electron chi connectivity index (χ2n) is 3.03. The average Bonchev–Trinajstić information content (AvgIpc) is 2.08. The fourth-order valence-electron chi connectivity index (χ4n) is 1.29. The van der Waals surface area contributed by atoms with Gasteiger partial charge in [0.25, 0.3) is 0 Å². The van der Waals surface area contributed by atoms with E-state index in [1.54, 1.807) is 6.92 Å². The van der Waals surface area contributed by atoms with Gasteiger partial charge in [-0.25, -0.2) is 0 Å². The van der Waals surface area contributed by atoms with Gasteiger partial charge in [0.15, 0.2) is 0 Å². The highest BCUT2D eigenvalue weighted by Gasteiger charge is 2.41. The lowest BCUT2D eigenvalue weighted by molar-refractivity contribution is -0.224. The minimum atomic E-state index is -1.24. The molecular weight excluding hydrogens is 164 g/mol. The van der Waals surface area contributed by atoms with Crippen molar-refractivity contribution in [3.63, 3.8) is 0 Å². The van der Waals surface area contributed by atoms with Gasteiger partial charge in [-0.1, -0.05) is 0 Å². The van der Waals surface area contributed by atoms with Crippen molar-refractivity contribution in [2.24, 2.45) is 0 Å². The van der Waals surface area contributed by atoms with Crippen LogP contribution in [0, 0.1) is 0 Å². The highest BCUT2D eigenvalue weighted by atomic mass is 16.5. The molecule has 0 amide bonds. The third kappa shape index (κ3) is 1.60. The summed E-state index contributed by atoms with van der Waals surface area (Å²) in [6.07, 6.45) is -4.94. The first-order valence-electron chi connectivity index (χ1n) is 3.88. The molecule has 0 saturated carbocycles. The minimum absolute atomic E-state index is 0.366. The molecule has 0 radical (unpaired) electrons. The Bertz CT molecular complexity index is 146. The van der Waals surface area contributed by atoms with Crippen LogP contribution in [0.3, 0.4) is 0 Å². The topological polar surface area (TPSA) is 90.2 Å². The summed E-state index contributed by atoms with van der Waals surface area (Å²) in [6.45, 7) is 1.21. The molecule has 1 fully saturated rings.